The third-order valence-corrected chi connectivity index (χ3v) is 5.68. The molecule has 0 saturated carbocycles. The van der Waals surface area contributed by atoms with Crippen molar-refractivity contribution in [3.8, 4) is 0 Å². The van der Waals surface area contributed by atoms with Crippen LogP contribution in [0.5, 0.6) is 0 Å². The van der Waals surface area contributed by atoms with Crippen molar-refractivity contribution in [2.24, 2.45) is 0 Å². The van der Waals surface area contributed by atoms with Gasteiger partial charge >= 0.3 is 0 Å². The van der Waals surface area contributed by atoms with E-state index in [0.29, 0.717) is 24.5 Å². The highest BCUT2D eigenvalue weighted by atomic mass is 32.1. The van der Waals surface area contributed by atoms with Crippen molar-refractivity contribution in [2.75, 3.05) is 32.1 Å². The quantitative estimate of drug-likeness (QED) is 0.900. The first-order valence-corrected chi connectivity index (χ1v) is 9.12. The molecule has 0 atom stereocenters. The Morgan fingerprint density at radius 2 is 2.22 bits per heavy atom. The van der Waals surface area contributed by atoms with Gasteiger partial charge in [0, 0.05) is 22.7 Å². The number of anilines is 1. The highest BCUT2D eigenvalue weighted by molar-refractivity contribution is 7.14. The predicted octanol–water partition coefficient (Wildman–Crippen LogP) is 2.19. The van der Waals surface area contributed by atoms with E-state index < -0.39 is 0 Å². The summed E-state index contributed by atoms with van der Waals surface area (Å²) in [5.41, 5.74) is 0.906. The number of fused-ring (bicyclic) bond motifs is 1. The lowest BCUT2D eigenvalue weighted by atomic mass is 10.3. The number of amides is 2. The second-order valence-corrected chi connectivity index (χ2v) is 7.88. The highest BCUT2D eigenvalue weighted by Gasteiger charge is 2.28. The zero-order valence-electron chi connectivity index (χ0n) is 13.2. The summed E-state index contributed by atoms with van der Waals surface area (Å²) < 4.78 is 0. The number of hydrogen-bond donors (Lipinski definition) is 1. The molecular formula is C16H19N3O2S2. The fourth-order valence-electron chi connectivity index (χ4n) is 2.55. The van der Waals surface area contributed by atoms with Crippen LogP contribution in [0, 0.1) is 0 Å². The minimum atomic E-state index is -0.0715. The van der Waals surface area contributed by atoms with Crippen molar-refractivity contribution in [3.05, 3.63) is 38.2 Å². The molecule has 1 aliphatic heterocycles. The molecule has 3 rings (SSSR count). The maximum Gasteiger partial charge on any atom is 0.261 e. The number of thiophene rings is 2. The fourth-order valence-corrected chi connectivity index (χ4v) is 4.27. The van der Waals surface area contributed by atoms with E-state index in [4.69, 9.17) is 0 Å². The monoisotopic (exact) mass is 349 g/mol. The van der Waals surface area contributed by atoms with Gasteiger partial charge in [0.15, 0.2) is 0 Å². The molecule has 7 heteroatoms. The summed E-state index contributed by atoms with van der Waals surface area (Å²) in [6, 6.07) is 5.82. The van der Waals surface area contributed by atoms with Crippen molar-refractivity contribution >= 4 is 40.2 Å². The van der Waals surface area contributed by atoms with Gasteiger partial charge < -0.3 is 15.1 Å². The molecule has 0 aliphatic carbocycles. The first kappa shape index (κ1) is 16.2. The van der Waals surface area contributed by atoms with Crippen LogP contribution >= 0.6 is 22.7 Å². The molecule has 0 radical (unpaired) electrons. The van der Waals surface area contributed by atoms with Crippen LogP contribution in [-0.4, -0.2) is 43.9 Å². The van der Waals surface area contributed by atoms with Crippen molar-refractivity contribution < 1.29 is 9.59 Å². The summed E-state index contributed by atoms with van der Waals surface area (Å²) in [5, 5.41) is 4.93. The van der Waals surface area contributed by atoms with Crippen LogP contribution in [0.4, 0.5) is 5.69 Å². The van der Waals surface area contributed by atoms with Crippen LogP contribution in [0.2, 0.25) is 0 Å². The van der Waals surface area contributed by atoms with Gasteiger partial charge in [0.25, 0.3) is 5.91 Å². The number of rotatable bonds is 5. The highest BCUT2D eigenvalue weighted by Crippen LogP contribution is 2.36. The minimum absolute atomic E-state index is 0.0715. The van der Waals surface area contributed by atoms with E-state index in [0.717, 1.165) is 21.9 Å². The van der Waals surface area contributed by atoms with Gasteiger partial charge in [-0.15, -0.1) is 22.7 Å². The second-order valence-electron chi connectivity index (χ2n) is 5.71. The Kier molecular flexibility index (Phi) is 4.79. The molecule has 122 valence electrons. The first-order chi connectivity index (χ1) is 11.0. The van der Waals surface area contributed by atoms with Gasteiger partial charge in [-0.25, -0.2) is 0 Å². The van der Waals surface area contributed by atoms with E-state index in [2.05, 4.69) is 5.32 Å². The van der Waals surface area contributed by atoms with Gasteiger partial charge in [-0.05, 0) is 31.6 Å². The van der Waals surface area contributed by atoms with E-state index >= 15 is 0 Å². The predicted molar refractivity (Wildman–Crippen MR) is 94.4 cm³/mol. The number of hydrogen-bond acceptors (Lipinski definition) is 5. The molecular weight excluding hydrogens is 330 g/mol. The molecule has 1 N–H and O–H groups in total. The first-order valence-electron chi connectivity index (χ1n) is 7.43. The largest absolute Gasteiger partial charge is 0.346 e. The minimum Gasteiger partial charge on any atom is -0.346 e. The zero-order chi connectivity index (χ0) is 16.4. The molecule has 0 saturated heterocycles. The van der Waals surface area contributed by atoms with Gasteiger partial charge in [0.2, 0.25) is 5.91 Å². The SMILES string of the molecule is CN(C)CC(=O)N1CCc2sc(C(=O)NCc3cccs3)cc21. The zero-order valence-corrected chi connectivity index (χ0v) is 14.8. The summed E-state index contributed by atoms with van der Waals surface area (Å²) in [7, 11) is 3.76. The number of nitrogens with one attached hydrogen (secondary N) is 1. The van der Waals surface area contributed by atoms with Crippen LogP contribution in [0.25, 0.3) is 0 Å². The molecule has 23 heavy (non-hydrogen) atoms. The number of nitrogens with zero attached hydrogens (tertiary/aromatic N) is 2. The number of carbonyl (C=O) groups is 2. The van der Waals surface area contributed by atoms with Gasteiger partial charge in [-0.3, -0.25) is 9.59 Å². The Morgan fingerprint density at radius 3 is 2.91 bits per heavy atom. The Balaban J connectivity index is 1.67. The van der Waals surface area contributed by atoms with Crippen molar-refractivity contribution in [2.45, 2.75) is 13.0 Å². The normalized spacial score (nSPS) is 13.4. The van der Waals surface area contributed by atoms with E-state index in [-0.39, 0.29) is 11.8 Å². The maximum absolute atomic E-state index is 12.3. The smallest absolute Gasteiger partial charge is 0.261 e. The molecule has 0 spiro atoms. The summed E-state index contributed by atoms with van der Waals surface area (Å²) in [6.07, 6.45) is 0.831. The molecule has 0 aromatic carbocycles. The van der Waals surface area contributed by atoms with Gasteiger partial charge in [-0.1, -0.05) is 6.07 Å². The Labute approximate surface area is 143 Å². The second kappa shape index (κ2) is 6.82. The summed E-state index contributed by atoms with van der Waals surface area (Å²) in [4.78, 5) is 31.1. The van der Waals surface area contributed by atoms with Crippen LogP contribution in [-0.2, 0) is 17.8 Å². The van der Waals surface area contributed by atoms with E-state index in [1.165, 1.54) is 11.3 Å². The molecule has 0 bridgehead atoms. The maximum atomic E-state index is 12.3. The molecule has 0 unspecified atom stereocenters. The van der Waals surface area contributed by atoms with Crippen LogP contribution in [0.15, 0.2) is 23.6 Å². The van der Waals surface area contributed by atoms with E-state index in [1.807, 2.05) is 42.6 Å². The molecule has 2 aromatic heterocycles. The van der Waals surface area contributed by atoms with E-state index in [9.17, 15) is 9.59 Å². The fraction of sp³-hybridized carbons (Fsp3) is 0.375. The lowest BCUT2D eigenvalue weighted by molar-refractivity contribution is -0.119. The van der Waals surface area contributed by atoms with Crippen molar-refractivity contribution in [1.29, 1.82) is 0 Å². The van der Waals surface area contributed by atoms with Crippen LogP contribution in [0.1, 0.15) is 19.4 Å². The Bertz CT molecular complexity index is 707. The van der Waals surface area contributed by atoms with Crippen molar-refractivity contribution in [3.63, 3.8) is 0 Å². The van der Waals surface area contributed by atoms with Crippen LogP contribution < -0.4 is 10.2 Å². The van der Waals surface area contributed by atoms with Gasteiger partial charge in [0.1, 0.15) is 0 Å². The topological polar surface area (TPSA) is 52.7 Å². The lowest BCUT2D eigenvalue weighted by Gasteiger charge is -2.18. The summed E-state index contributed by atoms with van der Waals surface area (Å²) in [6.45, 7) is 1.64. The standard InChI is InChI=1S/C16H19N3O2S2/c1-18(2)10-15(20)19-6-5-13-12(19)8-14(23-13)16(21)17-9-11-4-3-7-22-11/h3-4,7-8H,5-6,9-10H2,1-2H3,(H,17,21). The Morgan fingerprint density at radius 1 is 1.39 bits per heavy atom. The van der Waals surface area contributed by atoms with Gasteiger partial charge in [-0.2, -0.15) is 0 Å². The van der Waals surface area contributed by atoms with Crippen molar-refractivity contribution in [1.82, 2.24) is 10.2 Å². The third kappa shape index (κ3) is 3.63. The molecule has 3 heterocycles. The number of carbonyl (C=O) groups excluding carboxylic acids is 2. The molecule has 2 aromatic rings. The average molecular weight is 349 g/mol. The molecule has 2 amide bonds. The molecule has 1 aliphatic rings. The number of likely N-dealkylation sites (N-methyl/N-ethyl adjacent to an activating group) is 1. The van der Waals surface area contributed by atoms with E-state index in [1.54, 1.807) is 16.2 Å². The van der Waals surface area contributed by atoms with Gasteiger partial charge in [0.05, 0.1) is 23.7 Å². The van der Waals surface area contributed by atoms with Crippen LogP contribution in [0.3, 0.4) is 0 Å². The molecule has 0 fully saturated rings. The summed E-state index contributed by atoms with van der Waals surface area (Å²) >= 11 is 3.12. The average Bonchev–Trinajstić information content (AvgIpc) is 3.19. The third-order valence-electron chi connectivity index (χ3n) is 3.62. The summed E-state index contributed by atoms with van der Waals surface area (Å²) in [5.74, 6) is 0.00917. The Hall–Kier alpha value is -1.70. The molecule has 5 nitrogen and oxygen atoms in total. The lowest BCUT2D eigenvalue weighted by Crippen LogP contribution is -2.36.